The molecule has 0 saturated carbocycles. The summed E-state index contributed by atoms with van der Waals surface area (Å²) in [5.74, 6) is 0. The van der Waals surface area contributed by atoms with Gasteiger partial charge in [0.2, 0.25) is 0 Å². The normalized spacial score (nSPS) is 10.8. The Kier molecular flexibility index (Phi) is 7.16. The van der Waals surface area contributed by atoms with Crippen LogP contribution < -0.4 is 16.0 Å². The van der Waals surface area contributed by atoms with Crippen LogP contribution in [0.4, 0.5) is 5.13 Å². The molecule has 0 spiro atoms. The van der Waals surface area contributed by atoms with Crippen molar-refractivity contribution in [1.29, 1.82) is 0 Å². The summed E-state index contributed by atoms with van der Waals surface area (Å²) in [4.78, 5) is 8.04. The molecule has 0 fully saturated rings. The van der Waals surface area contributed by atoms with Gasteiger partial charge in [0.05, 0.1) is 0 Å². The third-order valence-electron chi connectivity index (χ3n) is 2.68. The van der Waals surface area contributed by atoms with Crippen LogP contribution in [0.5, 0.6) is 0 Å². The second-order valence-electron chi connectivity index (χ2n) is 3.95. The Hall–Kier alpha value is -0.650. The smallest absolute Gasteiger partial charge is 0.185 e. The minimum Gasteiger partial charge on any atom is -0.349 e. The molecule has 1 heterocycles. The number of unbranched alkanes of at least 4 members (excludes halogenated alkanes) is 1. The first-order chi connectivity index (χ1) is 8.31. The van der Waals surface area contributed by atoms with E-state index in [1.54, 1.807) is 11.3 Å². The molecule has 0 unspecified atom stereocenters. The van der Waals surface area contributed by atoms with Crippen LogP contribution in [0.25, 0.3) is 0 Å². The molecule has 4 nitrogen and oxygen atoms in total. The standard InChI is InChI=1S/C12H24N4S/c1-3-16(4-2)12-15-10-11(17-12)9-14-8-6-5-7-13/h10,14H,3-9,13H2,1-2H3. The fourth-order valence-electron chi connectivity index (χ4n) is 1.63. The molecule has 0 aliphatic rings. The van der Waals surface area contributed by atoms with Gasteiger partial charge in [0.1, 0.15) is 0 Å². The van der Waals surface area contributed by atoms with Gasteiger partial charge in [-0.3, -0.25) is 0 Å². The van der Waals surface area contributed by atoms with Gasteiger partial charge in [0.15, 0.2) is 5.13 Å². The van der Waals surface area contributed by atoms with Crippen LogP contribution in [-0.2, 0) is 6.54 Å². The molecule has 0 saturated heterocycles. The lowest BCUT2D eigenvalue weighted by molar-refractivity contribution is 0.631. The molecule has 0 radical (unpaired) electrons. The average molecular weight is 256 g/mol. The zero-order valence-corrected chi connectivity index (χ0v) is 11.7. The fraction of sp³-hybridized carbons (Fsp3) is 0.750. The molecule has 1 aromatic rings. The largest absolute Gasteiger partial charge is 0.349 e. The van der Waals surface area contributed by atoms with Crippen LogP contribution in [0.1, 0.15) is 31.6 Å². The maximum Gasteiger partial charge on any atom is 0.185 e. The predicted octanol–water partition coefficient (Wildman–Crippen LogP) is 1.82. The third kappa shape index (κ3) is 5.02. The highest BCUT2D eigenvalue weighted by molar-refractivity contribution is 7.15. The molecule has 17 heavy (non-hydrogen) atoms. The van der Waals surface area contributed by atoms with Crippen molar-refractivity contribution in [2.24, 2.45) is 5.73 Å². The Morgan fingerprint density at radius 3 is 2.76 bits per heavy atom. The first kappa shape index (κ1) is 14.4. The van der Waals surface area contributed by atoms with Crippen LogP contribution in [0.2, 0.25) is 0 Å². The van der Waals surface area contributed by atoms with E-state index < -0.39 is 0 Å². The van der Waals surface area contributed by atoms with E-state index in [2.05, 4.69) is 29.0 Å². The van der Waals surface area contributed by atoms with Crippen molar-refractivity contribution >= 4 is 16.5 Å². The van der Waals surface area contributed by atoms with Crippen LogP contribution in [0.3, 0.4) is 0 Å². The molecule has 0 bridgehead atoms. The lowest BCUT2D eigenvalue weighted by Crippen LogP contribution is -2.21. The Labute approximate surface area is 108 Å². The Morgan fingerprint density at radius 1 is 1.35 bits per heavy atom. The van der Waals surface area contributed by atoms with Crippen molar-refractivity contribution in [3.63, 3.8) is 0 Å². The molecule has 3 N–H and O–H groups in total. The highest BCUT2D eigenvalue weighted by Gasteiger charge is 2.06. The number of hydrogen-bond donors (Lipinski definition) is 2. The fourth-order valence-corrected chi connectivity index (χ4v) is 2.63. The van der Waals surface area contributed by atoms with Gasteiger partial charge in [0.25, 0.3) is 0 Å². The van der Waals surface area contributed by atoms with Gasteiger partial charge >= 0.3 is 0 Å². The Balaban J connectivity index is 2.30. The minimum atomic E-state index is 0.786. The monoisotopic (exact) mass is 256 g/mol. The van der Waals surface area contributed by atoms with E-state index in [1.807, 2.05) is 6.20 Å². The molecular weight excluding hydrogens is 232 g/mol. The van der Waals surface area contributed by atoms with Crippen LogP contribution >= 0.6 is 11.3 Å². The van der Waals surface area contributed by atoms with Crippen LogP contribution in [-0.4, -0.2) is 31.2 Å². The number of aromatic nitrogens is 1. The van der Waals surface area contributed by atoms with E-state index in [0.717, 1.165) is 50.7 Å². The highest BCUT2D eigenvalue weighted by Crippen LogP contribution is 2.21. The Bertz CT molecular complexity index is 296. The van der Waals surface area contributed by atoms with Crippen LogP contribution in [0, 0.1) is 0 Å². The van der Waals surface area contributed by atoms with E-state index in [9.17, 15) is 0 Å². The van der Waals surface area contributed by atoms with Crippen molar-refractivity contribution in [3.05, 3.63) is 11.1 Å². The van der Waals surface area contributed by atoms with Crippen molar-refractivity contribution < 1.29 is 0 Å². The lowest BCUT2D eigenvalue weighted by atomic mass is 10.3. The summed E-state index contributed by atoms with van der Waals surface area (Å²) in [5.41, 5.74) is 5.45. The molecule has 98 valence electrons. The SMILES string of the molecule is CCN(CC)c1ncc(CNCCCCN)s1. The molecule has 0 amide bonds. The first-order valence-electron chi connectivity index (χ1n) is 6.42. The highest BCUT2D eigenvalue weighted by atomic mass is 32.1. The molecule has 0 aliphatic heterocycles. The zero-order chi connectivity index (χ0) is 12.5. The van der Waals surface area contributed by atoms with E-state index in [-0.39, 0.29) is 0 Å². The van der Waals surface area contributed by atoms with Gasteiger partial charge in [0, 0.05) is 30.7 Å². The van der Waals surface area contributed by atoms with E-state index in [4.69, 9.17) is 5.73 Å². The maximum absolute atomic E-state index is 5.45. The molecule has 0 aromatic carbocycles. The van der Waals surface area contributed by atoms with E-state index in [1.165, 1.54) is 4.88 Å². The average Bonchev–Trinajstić information content (AvgIpc) is 2.79. The minimum absolute atomic E-state index is 0.786. The first-order valence-corrected chi connectivity index (χ1v) is 7.23. The summed E-state index contributed by atoms with van der Waals surface area (Å²) in [5, 5.41) is 4.55. The number of rotatable bonds is 9. The maximum atomic E-state index is 5.45. The summed E-state index contributed by atoms with van der Waals surface area (Å²) >= 11 is 1.78. The number of hydrogen-bond acceptors (Lipinski definition) is 5. The molecule has 1 rings (SSSR count). The van der Waals surface area contributed by atoms with Gasteiger partial charge < -0.3 is 16.0 Å². The van der Waals surface area contributed by atoms with Crippen molar-refractivity contribution in [1.82, 2.24) is 10.3 Å². The predicted molar refractivity (Wildman–Crippen MR) is 75.7 cm³/mol. The van der Waals surface area contributed by atoms with E-state index >= 15 is 0 Å². The number of thiazole rings is 1. The Morgan fingerprint density at radius 2 is 2.12 bits per heavy atom. The lowest BCUT2D eigenvalue weighted by Gasteiger charge is -2.16. The summed E-state index contributed by atoms with van der Waals surface area (Å²) < 4.78 is 0. The summed E-state index contributed by atoms with van der Waals surface area (Å²) in [6, 6.07) is 0. The molecule has 0 atom stereocenters. The van der Waals surface area contributed by atoms with E-state index in [0.29, 0.717) is 0 Å². The van der Waals surface area contributed by atoms with Gasteiger partial charge in [-0.15, -0.1) is 11.3 Å². The van der Waals surface area contributed by atoms with Gasteiger partial charge in [-0.1, -0.05) is 0 Å². The summed E-state index contributed by atoms with van der Waals surface area (Å²) in [7, 11) is 0. The van der Waals surface area contributed by atoms with Gasteiger partial charge in [-0.05, 0) is 39.8 Å². The van der Waals surface area contributed by atoms with Crippen molar-refractivity contribution in [3.8, 4) is 0 Å². The van der Waals surface area contributed by atoms with Crippen molar-refractivity contribution in [2.75, 3.05) is 31.1 Å². The molecular formula is C12H24N4S. The second kappa shape index (κ2) is 8.44. The molecule has 5 heteroatoms. The number of anilines is 1. The van der Waals surface area contributed by atoms with Crippen molar-refractivity contribution in [2.45, 2.75) is 33.2 Å². The quantitative estimate of drug-likeness (QED) is 0.662. The molecule has 0 aliphatic carbocycles. The number of nitrogens with one attached hydrogen (secondary N) is 1. The topological polar surface area (TPSA) is 54.2 Å². The number of nitrogens with two attached hydrogens (primary N) is 1. The second-order valence-corrected chi connectivity index (χ2v) is 5.05. The summed E-state index contributed by atoms with van der Waals surface area (Å²) in [6.45, 7) is 9.11. The zero-order valence-electron chi connectivity index (χ0n) is 10.9. The summed E-state index contributed by atoms with van der Waals surface area (Å²) in [6.07, 6.45) is 4.23. The van der Waals surface area contributed by atoms with Crippen LogP contribution in [0.15, 0.2) is 6.20 Å². The molecule has 1 aromatic heterocycles. The third-order valence-corrected chi connectivity index (χ3v) is 3.74. The number of nitrogens with zero attached hydrogens (tertiary/aromatic N) is 2. The van der Waals surface area contributed by atoms with Gasteiger partial charge in [-0.25, -0.2) is 4.98 Å². The van der Waals surface area contributed by atoms with Gasteiger partial charge in [-0.2, -0.15) is 0 Å².